The van der Waals surface area contributed by atoms with Crippen molar-refractivity contribution in [3.8, 4) is 11.3 Å². The van der Waals surface area contributed by atoms with E-state index in [2.05, 4.69) is 46.8 Å². The van der Waals surface area contributed by atoms with Gasteiger partial charge in [-0.25, -0.2) is 4.98 Å². The van der Waals surface area contributed by atoms with Gasteiger partial charge in [0.05, 0.1) is 5.69 Å². The Morgan fingerprint density at radius 2 is 2.00 bits per heavy atom. The predicted molar refractivity (Wildman–Crippen MR) is 96.0 cm³/mol. The third kappa shape index (κ3) is 5.40. The number of rotatable bonds is 7. The molecule has 2 N–H and O–H groups in total. The van der Waals surface area contributed by atoms with Crippen molar-refractivity contribution < 1.29 is 4.79 Å². The van der Waals surface area contributed by atoms with E-state index in [0.29, 0.717) is 11.6 Å². The highest BCUT2D eigenvalue weighted by Crippen LogP contribution is 2.25. The predicted octanol–water partition coefficient (Wildman–Crippen LogP) is 3.73. The van der Waals surface area contributed by atoms with E-state index >= 15 is 0 Å². The number of anilines is 1. The van der Waals surface area contributed by atoms with Crippen LogP contribution in [0.15, 0.2) is 29.6 Å². The van der Waals surface area contributed by atoms with Crippen molar-refractivity contribution in [3.05, 3.63) is 35.2 Å². The number of carbonyl (C=O) groups excluding carboxylic acids is 1. The first-order valence-electron chi connectivity index (χ1n) is 7.22. The molecule has 0 radical (unpaired) electrons. The molecule has 1 aromatic heterocycles. The van der Waals surface area contributed by atoms with Crippen LogP contribution in [0.5, 0.6) is 0 Å². The van der Waals surface area contributed by atoms with E-state index in [-0.39, 0.29) is 18.3 Å². The van der Waals surface area contributed by atoms with Crippen LogP contribution in [-0.4, -0.2) is 24.5 Å². The number of hydrogen-bond acceptors (Lipinski definition) is 4. The van der Waals surface area contributed by atoms with E-state index in [1.54, 1.807) is 0 Å². The molecule has 1 heterocycles. The molecule has 4 nitrogen and oxygen atoms in total. The number of thiazole rings is 1. The molecule has 0 saturated heterocycles. The minimum atomic E-state index is 0. The van der Waals surface area contributed by atoms with Gasteiger partial charge in [0.2, 0.25) is 5.91 Å². The molecule has 0 fully saturated rings. The number of benzene rings is 1. The Kier molecular flexibility index (Phi) is 8.09. The van der Waals surface area contributed by atoms with Crippen LogP contribution in [-0.2, 0) is 11.2 Å². The van der Waals surface area contributed by atoms with Crippen molar-refractivity contribution in [3.63, 3.8) is 0 Å². The Bertz CT molecular complexity index is 583. The fourth-order valence-corrected chi connectivity index (χ4v) is 2.72. The second-order valence-corrected chi connectivity index (χ2v) is 5.70. The van der Waals surface area contributed by atoms with Crippen molar-refractivity contribution in [1.82, 2.24) is 10.3 Å². The van der Waals surface area contributed by atoms with Gasteiger partial charge in [-0.15, -0.1) is 23.7 Å². The van der Waals surface area contributed by atoms with Gasteiger partial charge in [0.15, 0.2) is 5.13 Å². The van der Waals surface area contributed by atoms with E-state index in [1.807, 2.05) is 12.4 Å². The normalized spacial score (nSPS) is 10.1. The van der Waals surface area contributed by atoms with Gasteiger partial charge in [-0.2, -0.15) is 0 Å². The van der Waals surface area contributed by atoms with E-state index in [9.17, 15) is 4.79 Å². The Morgan fingerprint density at radius 3 is 2.64 bits per heavy atom. The fourth-order valence-electron chi connectivity index (χ4n) is 1.98. The highest BCUT2D eigenvalue weighted by atomic mass is 35.5. The minimum absolute atomic E-state index is 0. The Balaban J connectivity index is 0.00000242. The van der Waals surface area contributed by atoms with Gasteiger partial charge in [0.25, 0.3) is 0 Å². The average Bonchev–Trinajstić information content (AvgIpc) is 2.96. The lowest BCUT2D eigenvalue weighted by Crippen LogP contribution is -2.15. The molecule has 6 heteroatoms. The summed E-state index contributed by atoms with van der Waals surface area (Å²) in [6, 6.07) is 8.38. The standard InChI is InChI=1S/C16H21N3OS.ClH/c1-3-12-6-8-13(9-7-12)14-11-21-16(18-14)19-15(20)5-4-10-17-2;/h6-9,11,17H,3-5,10H2,1-2H3,(H,18,19,20);1H. The van der Waals surface area contributed by atoms with Gasteiger partial charge in [-0.3, -0.25) is 4.79 Å². The number of halogens is 1. The first-order valence-corrected chi connectivity index (χ1v) is 8.10. The maximum atomic E-state index is 11.7. The summed E-state index contributed by atoms with van der Waals surface area (Å²) in [5.41, 5.74) is 3.30. The van der Waals surface area contributed by atoms with E-state index in [1.165, 1.54) is 16.9 Å². The average molecular weight is 340 g/mol. The van der Waals surface area contributed by atoms with Crippen LogP contribution in [0.3, 0.4) is 0 Å². The molecule has 0 atom stereocenters. The van der Waals surface area contributed by atoms with Crippen LogP contribution in [0.25, 0.3) is 11.3 Å². The topological polar surface area (TPSA) is 54.0 Å². The highest BCUT2D eigenvalue weighted by molar-refractivity contribution is 7.14. The third-order valence-electron chi connectivity index (χ3n) is 3.24. The molecule has 1 amide bonds. The molecular formula is C16H22ClN3OS. The van der Waals surface area contributed by atoms with Crippen molar-refractivity contribution in [2.75, 3.05) is 18.9 Å². The Labute approximate surface area is 141 Å². The van der Waals surface area contributed by atoms with Crippen molar-refractivity contribution in [1.29, 1.82) is 0 Å². The lowest BCUT2D eigenvalue weighted by molar-refractivity contribution is -0.116. The smallest absolute Gasteiger partial charge is 0.226 e. The third-order valence-corrected chi connectivity index (χ3v) is 4.00. The van der Waals surface area contributed by atoms with Crippen molar-refractivity contribution >= 4 is 34.8 Å². The molecule has 22 heavy (non-hydrogen) atoms. The number of amides is 1. The molecule has 0 aliphatic heterocycles. The molecule has 0 aliphatic rings. The monoisotopic (exact) mass is 339 g/mol. The molecule has 0 bridgehead atoms. The number of nitrogens with zero attached hydrogens (tertiary/aromatic N) is 1. The molecule has 0 saturated carbocycles. The summed E-state index contributed by atoms with van der Waals surface area (Å²) < 4.78 is 0. The molecule has 0 aliphatic carbocycles. The Hall–Kier alpha value is -1.43. The number of hydrogen-bond donors (Lipinski definition) is 2. The summed E-state index contributed by atoms with van der Waals surface area (Å²) in [5.74, 6) is 0.0208. The van der Waals surface area contributed by atoms with Gasteiger partial charge >= 0.3 is 0 Å². The first-order chi connectivity index (χ1) is 10.2. The van der Waals surface area contributed by atoms with E-state index < -0.39 is 0 Å². The van der Waals surface area contributed by atoms with Crippen molar-refractivity contribution in [2.24, 2.45) is 0 Å². The number of aromatic nitrogens is 1. The summed E-state index contributed by atoms with van der Waals surface area (Å²) in [7, 11) is 1.88. The number of carbonyl (C=O) groups is 1. The summed E-state index contributed by atoms with van der Waals surface area (Å²) in [5, 5.41) is 8.53. The van der Waals surface area contributed by atoms with Crippen LogP contribution in [0, 0.1) is 0 Å². The summed E-state index contributed by atoms with van der Waals surface area (Å²) >= 11 is 1.46. The quantitative estimate of drug-likeness (QED) is 0.756. The molecule has 2 rings (SSSR count). The second kappa shape index (κ2) is 9.56. The first kappa shape index (κ1) is 18.6. The number of nitrogens with one attached hydrogen (secondary N) is 2. The zero-order valence-electron chi connectivity index (χ0n) is 12.9. The summed E-state index contributed by atoms with van der Waals surface area (Å²) in [6.45, 7) is 2.99. The molecule has 120 valence electrons. The lowest BCUT2D eigenvalue weighted by Gasteiger charge is -2.01. The van der Waals surface area contributed by atoms with Crippen LogP contribution in [0.4, 0.5) is 5.13 Å². The second-order valence-electron chi connectivity index (χ2n) is 4.84. The molecule has 2 aromatic rings. The van der Waals surface area contributed by atoms with E-state index in [4.69, 9.17) is 0 Å². The van der Waals surface area contributed by atoms with Gasteiger partial charge in [0, 0.05) is 17.4 Å². The maximum absolute atomic E-state index is 11.7. The van der Waals surface area contributed by atoms with Gasteiger partial charge in [-0.1, -0.05) is 31.2 Å². The fraction of sp³-hybridized carbons (Fsp3) is 0.375. The maximum Gasteiger partial charge on any atom is 0.226 e. The van der Waals surface area contributed by atoms with Gasteiger partial charge in [-0.05, 0) is 32.0 Å². The summed E-state index contributed by atoms with van der Waals surface area (Å²) in [4.78, 5) is 16.2. The minimum Gasteiger partial charge on any atom is -0.320 e. The molecular weight excluding hydrogens is 318 g/mol. The van der Waals surface area contributed by atoms with Crippen LogP contribution < -0.4 is 10.6 Å². The largest absolute Gasteiger partial charge is 0.320 e. The van der Waals surface area contributed by atoms with Crippen LogP contribution >= 0.6 is 23.7 Å². The SMILES string of the molecule is CCc1ccc(-c2csc(NC(=O)CCCNC)n2)cc1.Cl. The van der Waals surface area contributed by atoms with Crippen molar-refractivity contribution in [2.45, 2.75) is 26.2 Å². The molecule has 1 aromatic carbocycles. The van der Waals surface area contributed by atoms with Crippen LogP contribution in [0.2, 0.25) is 0 Å². The number of aryl methyl sites for hydroxylation is 1. The summed E-state index contributed by atoms with van der Waals surface area (Å²) in [6.07, 6.45) is 2.38. The van der Waals surface area contributed by atoms with E-state index in [0.717, 1.165) is 30.6 Å². The highest BCUT2D eigenvalue weighted by Gasteiger charge is 2.07. The lowest BCUT2D eigenvalue weighted by atomic mass is 10.1. The molecule has 0 unspecified atom stereocenters. The van der Waals surface area contributed by atoms with Crippen LogP contribution in [0.1, 0.15) is 25.3 Å². The zero-order valence-corrected chi connectivity index (χ0v) is 14.5. The zero-order chi connectivity index (χ0) is 15.1. The van der Waals surface area contributed by atoms with Gasteiger partial charge in [0.1, 0.15) is 0 Å². The van der Waals surface area contributed by atoms with Gasteiger partial charge < -0.3 is 10.6 Å². The molecule has 0 spiro atoms. The Morgan fingerprint density at radius 1 is 1.27 bits per heavy atom.